The van der Waals surface area contributed by atoms with Gasteiger partial charge in [-0.05, 0) is 25.7 Å². The fourth-order valence-electron chi connectivity index (χ4n) is 2.86. The number of likely N-dealkylation sites (tertiary alicyclic amines) is 1. The molecule has 16 heavy (non-hydrogen) atoms. The predicted molar refractivity (Wildman–Crippen MR) is 61.4 cm³/mol. The first kappa shape index (κ1) is 11.9. The molecule has 0 radical (unpaired) electrons. The molecule has 1 saturated heterocycles. The van der Waals surface area contributed by atoms with Gasteiger partial charge in [-0.15, -0.1) is 0 Å². The first-order chi connectivity index (χ1) is 7.81. The van der Waals surface area contributed by atoms with Crippen LogP contribution in [0.25, 0.3) is 0 Å². The molecule has 2 fully saturated rings. The summed E-state index contributed by atoms with van der Waals surface area (Å²) in [6, 6.07) is 0. The Morgan fingerprint density at radius 2 is 1.88 bits per heavy atom. The highest BCUT2D eigenvalue weighted by molar-refractivity contribution is 5.79. The molecule has 0 spiro atoms. The third-order valence-electron chi connectivity index (χ3n) is 3.84. The van der Waals surface area contributed by atoms with Crippen LogP contribution in [0.2, 0.25) is 0 Å². The molecule has 1 aliphatic heterocycles. The molecule has 1 atom stereocenters. The second-order valence-electron chi connectivity index (χ2n) is 5.02. The minimum atomic E-state index is 0.0429. The topological polar surface area (TPSA) is 55.6 Å². The van der Waals surface area contributed by atoms with Crippen molar-refractivity contribution in [3.8, 4) is 0 Å². The summed E-state index contributed by atoms with van der Waals surface area (Å²) < 4.78 is 0. The van der Waals surface area contributed by atoms with Crippen molar-refractivity contribution in [2.24, 2.45) is 11.8 Å². The van der Waals surface area contributed by atoms with Crippen molar-refractivity contribution >= 4 is 5.91 Å². The van der Waals surface area contributed by atoms with Crippen LogP contribution in [0.1, 0.15) is 44.9 Å². The highest BCUT2D eigenvalue weighted by atomic mass is 16.6. The first-order valence-corrected chi connectivity index (χ1v) is 6.45. The molecule has 1 saturated carbocycles. The van der Waals surface area contributed by atoms with Crippen LogP contribution in [0.15, 0.2) is 0 Å². The van der Waals surface area contributed by atoms with Crippen LogP contribution < -0.4 is 5.90 Å². The molecule has 2 aliphatic rings. The smallest absolute Gasteiger partial charge is 0.225 e. The van der Waals surface area contributed by atoms with E-state index in [1.807, 2.05) is 4.90 Å². The Kier molecular flexibility index (Phi) is 4.18. The van der Waals surface area contributed by atoms with Gasteiger partial charge in [-0.1, -0.05) is 19.3 Å². The van der Waals surface area contributed by atoms with E-state index >= 15 is 0 Å². The van der Waals surface area contributed by atoms with Crippen LogP contribution in [0.5, 0.6) is 0 Å². The van der Waals surface area contributed by atoms with Crippen molar-refractivity contribution in [3.63, 3.8) is 0 Å². The highest BCUT2D eigenvalue weighted by Crippen LogP contribution is 2.26. The SMILES string of the molecule is NOC1CCCN(C(=O)C2CCCCC2)C1. The molecule has 4 heteroatoms. The maximum Gasteiger partial charge on any atom is 0.225 e. The molecular formula is C12H22N2O2. The lowest BCUT2D eigenvalue weighted by Crippen LogP contribution is -2.46. The molecule has 4 nitrogen and oxygen atoms in total. The van der Waals surface area contributed by atoms with Gasteiger partial charge in [0.2, 0.25) is 5.91 Å². The zero-order chi connectivity index (χ0) is 11.4. The molecule has 1 amide bonds. The number of carbonyl (C=O) groups is 1. The Labute approximate surface area is 97.1 Å². The number of piperidine rings is 1. The van der Waals surface area contributed by atoms with Gasteiger partial charge in [-0.3, -0.25) is 9.63 Å². The third-order valence-corrected chi connectivity index (χ3v) is 3.84. The fourth-order valence-corrected chi connectivity index (χ4v) is 2.86. The summed E-state index contributed by atoms with van der Waals surface area (Å²) in [6.07, 6.45) is 7.89. The summed E-state index contributed by atoms with van der Waals surface area (Å²) in [6.45, 7) is 1.57. The Morgan fingerprint density at radius 3 is 2.56 bits per heavy atom. The van der Waals surface area contributed by atoms with Gasteiger partial charge in [0.25, 0.3) is 0 Å². The molecule has 2 N–H and O–H groups in total. The van der Waals surface area contributed by atoms with Crippen molar-refractivity contribution in [1.29, 1.82) is 0 Å². The van der Waals surface area contributed by atoms with E-state index in [9.17, 15) is 4.79 Å². The Bertz CT molecular complexity index is 239. The zero-order valence-electron chi connectivity index (χ0n) is 9.86. The van der Waals surface area contributed by atoms with E-state index in [2.05, 4.69) is 0 Å². The van der Waals surface area contributed by atoms with Gasteiger partial charge in [0.05, 0.1) is 6.10 Å². The number of nitrogens with zero attached hydrogens (tertiary/aromatic N) is 1. The van der Waals surface area contributed by atoms with Gasteiger partial charge >= 0.3 is 0 Å². The van der Waals surface area contributed by atoms with Gasteiger partial charge in [0.15, 0.2) is 0 Å². The van der Waals surface area contributed by atoms with Gasteiger partial charge in [-0.2, -0.15) is 0 Å². The van der Waals surface area contributed by atoms with Crippen LogP contribution in [-0.4, -0.2) is 30.0 Å². The van der Waals surface area contributed by atoms with E-state index < -0.39 is 0 Å². The summed E-state index contributed by atoms with van der Waals surface area (Å²) in [7, 11) is 0. The standard InChI is InChI=1S/C12H22N2O2/c13-16-11-7-4-8-14(9-11)12(15)10-5-2-1-3-6-10/h10-11H,1-9,13H2. The lowest BCUT2D eigenvalue weighted by Gasteiger charge is -2.34. The largest absolute Gasteiger partial charge is 0.340 e. The van der Waals surface area contributed by atoms with Crippen molar-refractivity contribution in [2.75, 3.05) is 13.1 Å². The number of hydrogen-bond donors (Lipinski definition) is 1. The molecular weight excluding hydrogens is 204 g/mol. The van der Waals surface area contributed by atoms with E-state index in [0.717, 1.165) is 32.2 Å². The quantitative estimate of drug-likeness (QED) is 0.725. The van der Waals surface area contributed by atoms with E-state index in [-0.39, 0.29) is 12.0 Å². The molecule has 1 aliphatic carbocycles. The van der Waals surface area contributed by atoms with E-state index in [1.54, 1.807) is 0 Å². The monoisotopic (exact) mass is 226 g/mol. The molecule has 2 rings (SSSR count). The average molecular weight is 226 g/mol. The van der Waals surface area contributed by atoms with Crippen molar-refractivity contribution in [3.05, 3.63) is 0 Å². The lowest BCUT2D eigenvalue weighted by molar-refractivity contribution is -0.140. The van der Waals surface area contributed by atoms with Gasteiger partial charge < -0.3 is 4.90 Å². The normalized spacial score (nSPS) is 28.1. The van der Waals surface area contributed by atoms with E-state index in [0.29, 0.717) is 12.5 Å². The van der Waals surface area contributed by atoms with E-state index in [4.69, 9.17) is 10.7 Å². The number of carbonyl (C=O) groups excluding carboxylic acids is 1. The minimum absolute atomic E-state index is 0.0429. The molecule has 0 aromatic carbocycles. The van der Waals surface area contributed by atoms with Crippen LogP contribution in [0.3, 0.4) is 0 Å². The number of hydrogen-bond acceptors (Lipinski definition) is 3. The fraction of sp³-hybridized carbons (Fsp3) is 0.917. The molecule has 1 heterocycles. The van der Waals surface area contributed by atoms with Gasteiger partial charge in [0, 0.05) is 19.0 Å². The molecule has 92 valence electrons. The second-order valence-corrected chi connectivity index (χ2v) is 5.02. The molecule has 1 unspecified atom stereocenters. The van der Waals surface area contributed by atoms with Gasteiger partial charge in [-0.25, -0.2) is 5.90 Å². The third kappa shape index (κ3) is 2.74. The summed E-state index contributed by atoms with van der Waals surface area (Å²) >= 11 is 0. The Balaban J connectivity index is 1.87. The maximum absolute atomic E-state index is 12.2. The average Bonchev–Trinajstić information content (AvgIpc) is 2.39. The lowest BCUT2D eigenvalue weighted by atomic mass is 9.88. The van der Waals surface area contributed by atoms with Crippen LogP contribution in [-0.2, 0) is 9.63 Å². The molecule has 0 bridgehead atoms. The van der Waals surface area contributed by atoms with Crippen LogP contribution >= 0.6 is 0 Å². The summed E-state index contributed by atoms with van der Waals surface area (Å²) in [4.78, 5) is 19.1. The predicted octanol–water partition coefficient (Wildman–Crippen LogP) is 1.45. The Morgan fingerprint density at radius 1 is 1.12 bits per heavy atom. The second kappa shape index (κ2) is 5.64. The highest BCUT2D eigenvalue weighted by Gasteiger charge is 2.29. The maximum atomic E-state index is 12.2. The summed E-state index contributed by atoms with van der Waals surface area (Å²) in [5.74, 6) is 5.81. The van der Waals surface area contributed by atoms with Crippen molar-refractivity contribution in [2.45, 2.75) is 51.0 Å². The summed E-state index contributed by atoms with van der Waals surface area (Å²) in [5, 5.41) is 0. The van der Waals surface area contributed by atoms with Crippen molar-refractivity contribution < 1.29 is 9.63 Å². The van der Waals surface area contributed by atoms with Crippen molar-refractivity contribution in [1.82, 2.24) is 4.90 Å². The van der Waals surface area contributed by atoms with E-state index in [1.165, 1.54) is 19.3 Å². The minimum Gasteiger partial charge on any atom is -0.340 e. The van der Waals surface area contributed by atoms with Gasteiger partial charge in [0.1, 0.15) is 0 Å². The van der Waals surface area contributed by atoms with Crippen LogP contribution in [0.4, 0.5) is 0 Å². The number of rotatable bonds is 2. The molecule has 0 aromatic rings. The Hall–Kier alpha value is -0.610. The number of nitrogens with two attached hydrogens (primary N) is 1. The number of amides is 1. The van der Waals surface area contributed by atoms with Crippen LogP contribution in [0, 0.1) is 5.92 Å². The molecule has 0 aromatic heterocycles. The first-order valence-electron chi connectivity index (χ1n) is 6.45. The zero-order valence-corrected chi connectivity index (χ0v) is 9.86. The summed E-state index contributed by atoms with van der Waals surface area (Å²) in [5.41, 5.74) is 0.